The summed E-state index contributed by atoms with van der Waals surface area (Å²) in [6.45, 7) is 5.70. The number of halogens is 1. The summed E-state index contributed by atoms with van der Waals surface area (Å²) >= 11 is 3.48. The lowest BCUT2D eigenvalue weighted by atomic mass is 10.1. The standard InChI is InChI=1S/C15H21BrN4/c1-11(10-19-7-3-2-4-8-19)20-14-6-5-12(16)9-13(14)18-15(20)17/h5-6,9,11H,2-4,7-8,10H2,1H3,(H2,17,18). The number of aromatic nitrogens is 2. The van der Waals surface area contributed by atoms with Gasteiger partial charge in [0.15, 0.2) is 0 Å². The molecule has 1 unspecified atom stereocenters. The van der Waals surface area contributed by atoms with Gasteiger partial charge >= 0.3 is 0 Å². The zero-order valence-corrected chi connectivity index (χ0v) is 13.4. The first kappa shape index (κ1) is 13.9. The van der Waals surface area contributed by atoms with E-state index in [1.165, 1.54) is 32.4 Å². The molecule has 2 heterocycles. The number of likely N-dealkylation sites (tertiary alicyclic amines) is 1. The van der Waals surface area contributed by atoms with E-state index in [-0.39, 0.29) is 0 Å². The average Bonchev–Trinajstić information content (AvgIpc) is 2.74. The molecule has 1 aliphatic rings. The normalized spacial score (nSPS) is 18.5. The number of nitrogens with zero attached hydrogens (tertiary/aromatic N) is 3. The van der Waals surface area contributed by atoms with E-state index in [1.807, 2.05) is 12.1 Å². The van der Waals surface area contributed by atoms with Gasteiger partial charge in [-0.2, -0.15) is 0 Å². The van der Waals surface area contributed by atoms with Crippen LogP contribution in [0.25, 0.3) is 11.0 Å². The van der Waals surface area contributed by atoms with Crippen molar-refractivity contribution in [2.45, 2.75) is 32.2 Å². The van der Waals surface area contributed by atoms with E-state index >= 15 is 0 Å². The van der Waals surface area contributed by atoms with Crippen LogP contribution in [-0.2, 0) is 0 Å². The van der Waals surface area contributed by atoms with Gasteiger partial charge in [0.2, 0.25) is 5.95 Å². The van der Waals surface area contributed by atoms with Gasteiger partial charge in [-0.3, -0.25) is 0 Å². The Bertz CT molecular complexity index is 601. The first-order valence-corrected chi connectivity index (χ1v) is 8.10. The Balaban J connectivity index is 1.86. The Morgan fingerprint density at radius 2 is 2.05 bits per heavy atom. The summed E-state index contributed by atoms with van der Waals surface area (Å²) < 4.78 is 3.20. The minimum Gasteiger partial charge on any atom is -0.369 e. The number of imidazole rings is 1. The smallest absolute Gasteiger partial charge is 0.201 e. The SMILES string of the molecule is CC(CN1CCCCC1)n1c(N)nc2cc(Br)ccc21. The maximum Gasteiger partial charge on any atom is 0.201 e. The maximum atomic E-state index is 6.13. The minimum atomic E-state index is 0.347. The molecule has 1 aromatic heterocycles. The number of anilines is 1. The summed E-state index contributed by atoms with van der Waals surface area (Å²) in [7, 11) is 0. The van der Waals surface area contributed by atoms with Crippen LogP contribution in [0.2, 0.25) is 0 Å². The molecule has 0 radical (unpaired) electrons. The van der Waals surface area contributed by atoms with Gasteiger partial charge in [0.05, 0.1) is 11.0 Å². The molecule has 1 fully saturated rings. The Morgan fingerprint density at radius 1 is 1.30 bits per heavy atom. The molecule has 3 rings (SSSR count). The fourth-order valence-electron chi connectivity index (χ4n) is 3.15. The summed E-state index contributed by atoms with van der Waals surface area (Å²) in [5, 5.41) is 0. The van der Waals surface area contributed by atoms with E-state index in [0.29, 0.717) is 12.0 Å². The largest absolute Gasteiger partial charge is 0.369 e. The fourth-order valence-corrected chi connectivity index (χ4v) is 3.50. The predicted octanol–water partition coefficient (Wildman–Crippen LogP) is 3.43. The molecule has 0 bridgehead atoms. The molecule has 4 nitrogen and oxygen atoms in total. The minimum absolute atomic E-state index is 0.347. The highest BCUT2D eigenvalue weighted by atomic mass is 79.9. The van der Waals surface area contributed by atoms with Gasteiger partial charge in [0.1, 0.15) is 0 Å². The van der Waals surface area contributed by atoms with Crippen LogP contribution in [0, 0.1) is 0 Å². The number of nitrogens with two attached hydrogens (primary N) is 1. The second-order valence-electron chi connectivity index (χ2n) is 5.68. The van der Waals surface area contributed by atoms with Crippen molar-refractivity contribution in [3.8, 4) is 0 Å². The number of rotatable bonds is 3. The second kappa shape index (κ2) is 5.74. The zero-order chi connectivity index (χ0) is 14.1. The van der Waals surface area contributed by atoms with Crippen molar-refractivity contribution in [2.75, 3.05) is 25.4 Å². The van der Waals surface area contributed by atoms with Gasteiger partial charge in [-0.1, -0.05) is 22.4 Å². The molecule has 0 saturated carbocycles. The molecular weight excluding hydrogens is 316 g/mol. The average molecular weight is 337 g/mol. The molecule has 0 spiro atoms. The van der Waals surface area contributed by atoms with Crippen LogP contribution in [0.15, 0.2) is 22.7 Å². The Kier molecular flexibility index (Phi) is 3.98. The molecule has 1 aromatic carbocycles. The first-order valence-electron chi connectivity index (χ1n) is 7.30. The van der Waals surface area contributed by atoms with Gasteiger partial charge in [0.25, 0.3) is 0 Å². The summed E-state index contributed by atoms with van der Waals surface area (Å²) in [6.07, 6.45) is 4.01. The molecule has 2 aromatic rings. The molecule has 2 N–H and O–H groups in total. The lowest BCUT2D eigenvalue weighted by Gasteiger charge is -2.30. The van der Waals surface area contributed by atoms with Crippen molar-refractivity contribution in [3.05, 3.63) is 22.7 Å². The molecule has 108 valence electrons. The molecule has 1 atom stereocenters. The summed E-state index contributed by atoms with van der Waals surface area (Å²) in [5.41, 5.74) is 8.21. The Hall–Kier alpha value is -1.07. The number of benzene rings is 1. The van der Waals surface area contributed by atoms with Crippen LogP contribution in [-0.4, -0.2) is 34.1 Å². The highest BCUT2D eigenvalue weighted by Gasteiger charge is 2.18. The summed E-state index contributed by atoms with van der Waals surface area (Å²) in [4.78, 5) is 7.02. The van der Waals surface area contributed by atoms with Crippen LogP contribution in [0.3, 0.4) is 0 Å². The second-order valence-corrected chi connectivity index (χ2v) is 6.60. The third-order valence-corrected chi connectivity index (χ3v) is 4.58. The predicted molar refractivity (Wildman–Crippen MR) is 86.8 cm³/mol. The molecule has 0 aliphatic carbocycles. The van der Waals surface area contributed by atoms with Gasteiger partial charge in [0, 0.05) is 17.1 Å². The van der Waals surface area contributed by atoms with Crippen LogP contribution in [0.4, 0.5) is 5.95 Å². The molecule has 1 aliphatic heterocycles. The third kappa shape index (κ3) is 2.69. The van der Waals surface area contributed by atoms with Crippen LogP contribution >= 0.6 is 15.9 Å². The monoisotopic (exact) mass is 336 g/mol. The van der Waals surface area contributed by atoms with E-state index in [4.69, 9.17) is 5.73 Å². The van der Waals surface area contributed by atoms with Crippen LogP contribution in [0.5, 0.6) is 0 Å². The first-order chi connectivity index (χ1) is 9.65. The van der Waals surface area contributed by atoms with Crippen LogP contribution in [0.1, 0.15) is 32.2 Å². The van der Waals surface area contributed by atoms with Gasteiger partial charge in [-0.25, -0.2) is 4.98 Å². The van der Waals surface area contributed by atoms with E-state index in [1.54, 1.807) is 0 Å². The van der Waals surface area contributed by atoms with Gasteiger partial charge in [-0.05, 0) is 51.1 Å². The van der Waals surface area contributed by atoms with Crippen molar-refractivity contribution in [1.82, 2.24) is 14.5 Å². The van der Waals surface area contributed by atoms with Crippen molar-refractivity contribution in [1.29, 1.82) is 0 Å². The van der Waals surface area contributed by atoms with Crippen molar-refractivity contribution >= 4 is 32.9 Å². The lowest BCUT2D eigenvalue weighted by Crippen LogP contribution is -2.34. The molecule has 5 heteroatoms. The molecule has 20 heavy (non-hydrogen) atoms. The van der Waals surface area contributed by atoms with Crippen molar-refractivity contribution in [2.24, 2.45) is 0 Å². The fraction of sp³-hybridized carbons (Fsp3) is 0.533. The zero-order valence-electron chi connectivity index (χ0n) is 11.8. The van der Waals surface area contributed by atoms with E-state index < -0.39 is 0 Å². The number of piperidine rings is 1. The van der Waals surface area contributed by atoms with E-state index in [2.05, 4.69) is 43.4 Å². The van der Waals surface area contributed by atoms with Crippen molar-refractivity contribution in [3.63, 3.8) is 0 Å². The van der Waals surface area contributed by atoms with Crippen molar-refractivity contribution < 1.29 is 0 Å². The molecule has 0 amide bonds. The summed E-state index contributed by atoms with van der Waals surface area (Å²) in [5.74, 6) is 0.614. The number of nitrogen functional groups attached to an aromatic ring is 1. The lowest BCUT2D eigenvalue weighted by molar-refractivity contribution is 0.204. The topological polar surface area (TPSA) is 47.1 Å². The number of fused-ring (bicyclic) bond motifs is 1. The van der Waals surface area contributed by atoms with Gasteiger partial charge < -0.3 is 15.2 Å². The third-order valence-electron chi connectivity index (χ3n) is 4.09. The maximum absolute atomic E-state index is 6.13. The quantitative estimate of drug-likeness (QED) is 0.933. The summed E-state index contributed by atoms with van der Waals surface area (Å²) in [6, 6.07) is 6.51. The highest BCUT2D eigenvalue weighted by Crippen LogP contribution is 2.26. The van der Waals surface area contributed by atoms with Crippen LogP contribution < -0.4 is 5.73 Å². The molecule has 1 saturated heterocycles. The molecular formula is C15H21BrN4. The Morgan fingerprint density at radius 3 is 2.80 bits per heavy atom. The number of hydrogen-bond acceptors (Lipinski definition) is 3. The van der Waals surface area contributed by atoms with Gasteiger partial charge in [-0.15, -0.1) is 0 Å². The van der Waals surface area contributed by atoms with E-state index in [0.717, 1.165) is 22.1 Å². The Labute approximate surface area is 128 Å². The highest BCUT2D eigenvalue weighted by molar-refractivity contribution is 9.10. The van der Waals surface area contributed by atoms with E-state index in [9.17, 15) is 0 Å². The number of hydrogen-bond donors (Lipinski definition) is 1.